The molecule has 0 amide bonds. The second-order valence-electron chi connectivity index (χ2n) is 8.17. The first-order valence-corrected chi connectivity index (χ1v) is 13.1. The van der Waals surface area contributed by atoms with Crippen LogP contribution in [0, 0.1) is 11.5 Å². The van der Waals surface area contributed by atoms with Crippen molar-refractivity contribution >= 4 is 36.3 Å². The van der Waals surface area contributed by atoms with Gasteiger partial charge >= 0.3 is 0 Å². The van der Waals surface area contributed by atoms with E-state index < -0.39 is 8.07 Å². The molecule has 0 spiro atoms. The molecule has 6 heteroatoms. The van der Waals surface area contributed by atoms with Crippen LogP contribution < -0.4 is 11.3 Å². The lowest BCUT2D eigenvalue weighted by atomic mass is 10.1. The molecule has 2 aromatic carbocycles. The number of anilines is 1. The van der Waals surface area contributed by atoms with Crippen LogP contribution in [0.2, 0.25) is 24.7 Å². The largest absolute Gasteiger partial charge is 0.398 e. The molecule has 0 radical (unpaired) electrons. The smallest absolute Gasteiger partial charge is 0.266 e. The summed E-state index contributed by atoms with van der Waals surface area (Å²) in [6.07, 6.45) is 0. The van der Waals surface area contributed by atoms with Gasteiger partial charge < -0.3 is 5.73 Å². The number of nitrogen functional groups attached to an aromatic ring is 1. The summed E-state index contributed by atoms with van der Waals surface area (Å²) in [6, 6.07) is 10.7. The van der Waals surface area contributed by atoms with Crippen LogP contribution in [-0.4, -0.2) is 17.6 Å². The summed E-state index contributed by atoms with van der Waals surface area (Å²) in [7, 11) is -1.61. The Balaban J connectivity index is 2.40. The number of hydrogen-bond donors (Lipinski definition) is 1. The van der Waals surface area contributed by atoms with Crippen LogP contribution in [0.4, 0.5) is 5.69 Å². The van der Waals surface area contributed by atoms with E-state index in [4.69, 9.17) is 22.3 Å². The van der Waals surface area contributed by atoms with Crippen LogP contribution in [-0.2, 0) is 0 Å². The van der Waals surface area contributed by atoms with Gasteiger partial charge in [0.25, 0.3) is 5.56 Å². The van der Waals surface area contributed by atoms with Gasteiger partial charge in [0.05, 0.1) is 22.2 Å². The van der Waals surface area contributed by atoms with Gasteiger partial charge in [0.15, 0.2) is 0 Å². The van der Waals surface area contributed by atoms with Crippen molar-refractivity contribution in [1.82, 2.24) is 9.55 Å². The number of halogens is 1. The predicted octanol–water partition coefficient (Wildman–Crippen LogP) is 4.97. The minimum absolute atomic E-state index is 0.0343. The van der Waals surface area contributed by atoms with Crippen LogP contribution in [0.25, 0.3) is 16.6 Å². The third kappa shape index (κ3) is 3.99. The summed E-state index contributed by atoms with van der Waals surface area (Å²) >= 11 is 6.02. The lowest BCUT2D eigenvalue weighted by Gasteiger charge is -2.17. The van der Waals surface area contributed by atoms with Gasteiger partial charge in [-0.1, -0.05) is 51.0 Å². The van der Waals surface area contributed by atoms with Gasteiger partial charge in [0.1, 0.15) is 13.9 Å². The molecule has 0 bridgehead atoms. The predicted molar refractivity (Wildman–Crippen MR) is 121 cm³/mol. The third-order valence-electron chi connectivity index (χ3n) is 4.26. The second-order valence-corrected chi connectivity index (χ2v) is 13.4. The average Bonchev–Trinajstić information content (AvgIpc) is 2.60. The average molecular weight is 410 g/mol. The number of hydrogen-bond acceptors (Lipinski definition) is 3. The Hall–Kier alpha value is -2.55. The van der Waals surface area contributed by atoms with Crippen molar-refractivity contribution in [3.63, 3.8) is 0 Å². The van der Waals surface area contributed by atoms with Crippen molar-refractivity contribution in [2.75, 3.05) is 5.73 Å². The maximum absolute atomic E-state index is 13.4. The fourth-order valence-electron chi connectivity index (χ4n) is 2.89. The number of rotatable bonds is 2. The SMILES string of the molecule is CC(C)c1nc2c(C#C[Si](C)(C)C)c(N)ccc2c(=O)n1-c1ccc(Cl)cc1. The normalized spacial score (nSPS) is 11.5. The number of nitrogens with zero attached hydrogens (tertiary/aromatic N) is 2. The fourth-order valence-corrected chi connectivity index (χ4v) is 3.52. The highest BCUT2D eigenvalue weighted by Gasteiger charge is 2.18. The number of aromatic nitrogens is 2. The van der Waals surface area contributed by atoms with Gasteiger partial charge in [-0.3, -0.25) is 9.36 Å². The molecule has 0 aliphatic heterocycles. The van der Waals surface area contributed by atoms with E-state index in [1.54, 1.807) is 28.8 Å². The quantitative estimate of drug-likeness (QED) is 0.369. The highest BCUT2D eigenvalue weighted by atomic mass is 35.5. The van der Waals surface area contributed by atoms with Crippen molar-refractivity contribution in [1.29, 1.82) is 0 Å². The highest BCUT2D eigenvalue weighted by Crippen LogP contribution is 2.24. The molecule has 0 unspecified atom stereocenters. The maximum atomic E-state index is 13.4. The van der Waals surface area contributed by atoms with Crippen molar-refractivity contribution in [3.05, 3.63) is 63.2 Å². The molecular formula is C22H24ClN3OSi. The van der Waals surface area contributed by atoms with E-state index in [0.717, 1.165) is 5.69 Å². The minimum atomic E-state index is -1.61. The summed E-state index contributed by atoms with van der Waals surface area (Å²) in [5.41, 5.74) is 11.9. The zero-order valence-corrected chi connectivity index (χ0v) is 18.6. The molecule has 2 N–H and O–H groups in total. The Morgan fingerprint density at radius 2 is 1.75 bits per heavy atom. The Morgan fingerprint density at radius 1 is 1.11 bits per heavy atom. The zero-order valence-electron chi connectivity index (χ0n) is 16.8. The Labute approximate surface area is 171 Å². The van der Waals surface area contributed by atoms with Gasteiger partial charge in [-0.2, -0.15) is 0 Å². The summed E-state index contributed by atoms with van der Waals surface area (Å²) in [5.74, 6) is 3.92. The Morgan fingerprint density at radius 3 is 2.32 bits per heavy atom. The minimum Gasteiger partial charge on any atom is -0.398 e. The zero-order chi connectivity index (χ0) is 20.6. The molecule has 1 heterocycles. The van der Waals surface area contributed by atoms with E-state index in [-0.39, 0.29) is 11.5 Å². The van der Waals surface area contributed by atoms with Crippen LogP contribution in [0.5, 0.6) is 0 Å². The summed E-state index contributed by atoms with van der Waals surface area (Å²) < 4.78 is 1.65. The van der Waals surface area contributed by atoms with Crippen LogP contribution in [0.1, 0.15) is 31.2 Å². The Bertz CT molecular complexity index is 1160. The van der Waals surface area contributed by atoms with Crippen LogP contribution in [0.3, 0.4) is 0 Å². The third-order valence-corrected chi connectivity index (χ3v) is 5.39. The molecule has 0 aliphatic rings. The molecule has 0 atom stereocenters. The molecule has 0 saturated carbocycles. The monoisotopic (exact) mass is 409 g/mol. The molecule has 1 aromatic heterocycles. The van der Waals surface area contributed by atoms with Crippen LogP contribution >= 0.6 is 11.6 Å². The highest BCUT2D eigenvalue weighted by molar-refractivity contribution is 6.83. The maximum Gasteiger partial charge on any atom is 0.266 e. The molecule has 3 rings (SSSR count). The molecule has 3 aromatic rings. The molecule has 4 nitrogen and oxygen atoms in total. The molecule has 144 valence electrons. The van der Waals surface area contributed by atoms with Gasteiger partial charge in [0, 0.05) is 16.6 Å². The first-order valence-electron chi connectivity index (χ1n) is 9.23. The van der Waals surface area contributed by atoms with Crippen molar-refractivity contribution < 1.29 is 0 Å². The number of benzene rings is 2. The van der Waals surface area contributed by atoms with Crippen molar-refractivity contribution in [3.8, 4) is 17.2 Å². The van der Waals surface area contributed by atoms with E-state index in [1.807, 2.05) is 26.0 Å². The van der Waals surface area contributed by atoms with E-state index in [1.165, 1.54) is 0 Å². The molecular weight excluding hydrogens is 386 g/mol. The summed E-state index contributed by atoms with van der Waals surface area (Å²) in [4.78, 5) is 18.3. The lowest BCUT2D eigenvalue weighted by molar-refractivity contribution is 0.723. The molecule has 0 saturated heterocycles. The Kier molecular flexibility index (Phi) is 5.38. The van der Waals surface area contributed by atoms with E-state index >= 15 is 0 Å². The van der Waals surface area contributed by atoms with Gasteiger partial charge in [-0.15, -0.1) is 5.54 Å². The van der Waals surface area contributed by atoms with Gasteiger partial charge in [-0.05, 0) is 36.4 Å². The van der Waals surface area contributed by atoms with E-state index in [9.17, 15) is 4.79 Å². The van der Waals surface area contributed by atoms with E-state index in [2.05, 4.69) is 31.1 Å². The van der Waals surface area contributed by atoms with Crippen molar-refractivity contribution in [2.24, 2.45) is 0 Å². The number of fused-ring (bicyclic) bond motifs is 1. The standard InChI is InChI=1S/C22H24ClN3OSi/c1-14(2)21-25-20-17(12-13-28(3,4)5)19(24)11-10-18(20)22(27)26(21)16-8-6-15(23)7-9-16/h6-11,14H,24H2,1-5H3. The molecule has 28 heavy (non-hydrogen) atoms. The van der Waals surface area contributed by atoms with E-state index in [0.29, 0.717) is 33.0 Å². The number of nitrogens with two attached hydrogens (primary N) is 1. The summed E-state index contributed by atoms with van der Waals surface area (Å²) in [6.45, 7) is 10.5. The topological polar surface area (TPSA) is 60.9 Å². The van der Waals surface area contributed by atoms with Crippen molar-refractivity contribution in [2.45, 2.75) is 39.4 Å². The second kappa shape index (κ2) is 7.46. The fraction of sp³-hybridized carbons (Fsp3) is 0.273. The molecule has 0 aliphatic carbocycles. The van der Waals surface area contributed by atoms with Crippen LogP contribution in [0.15, 0.2) is 41.2 Å². The lowest BCUT2D eigenvalue weighted by Crippen LogP contribution is -2.25. The first kappa shape index (κ1) is 20.2. The summed E-state index contributed by atoms with van der Waals surface area (Å²) in [5, 5.41) is 1.13. The molecule has 0 fully saturated rings. The van der Waals surface area contributed by atoms with Gasteiger partial charge in [-0.25, -0.2) is 4.98 Å². The van der Waals surface area contributed by atoms with Gasteiger partial charge in [0.2, 0.25) is 0 Å². The first-order chi connectivity index (χ1) is 13.1.